The van der Waals surface area contributed by atoms with Gasteiger partial charge in [0.1, 0.15) is 12.3 Å². The quantitative estimate of drug-likeness (QED) is 0.830. The van der Waals surface area contributed by atoms with Crippen LogP contribution in [-0.2, 0) is 6.61 Å². The summed E-state index contributed by atoms with van der Waals surface area (Å²) in [6.07, 6.45) is 0. The van der Waals surface area contributed by atoms with Gasteiger partial charge in [-0.25, -0.2) is 0 Å². The van der Waals surface area contributed by atoms with Crippen molar-refractivity contribution in [1.29, 1.82) is 0 Å². The second kappa shape index (κ2) is 3.53. The van der Waals surface area contributed by atoms with Crippen molar-refractivity contribution in [2.75, 3.05) is 6.79 Å². The molecule has 0 saturated heterocycles. The van der Waals surface area contributed by atoms with E-state index in [2.05, 4.69) is 5.16 Å². The van der Waals surface area contributed by atoms with Crippen molar-refractivity contribution >= 4 is 0 Å². The molecular weight excluding hydrogens is 210 g/mol. The van der Waals surface area contributed by atoms with E-state index in [-0.39, 0.29) is 13.4 Å². The van der Waals surface area contributed by atoms with Crippen LogP contribution in [0, 0.1) is 0 Å². The highest BCUT2D eigenvalue weighted by Crippen LogP contribution is 2.35. The van der Waals surface area contributed by atoms with Crippen molar-refractivity contribution in [1.82, 2.24) is 5.16 Å². The number of aromatic nitrogens is 1. The molecule has 0 unspecified atom stereocenters. The van der Waals surface area contributed by atoms with Gasteiger partial charge in [-0.1, -0.05) is 5.16 Å². The zero-order valence-corrected chi connectivity index (χ0v) is 8.34. The molecule has 3 rings (SSSR count). The lowest BCUT2D eigenvalue weighted by atomic mass is 10.1. The molecule has 5 nitrogen and oxygen atoms in total. The van der Waals surface area contributed by atoms with Gasteiger partial charge in [0, 0.05) is 11.6 Å². The van der Waals surface area contributed by atoms with Crippen LogP contribution in [0.3, 0.4) is 0 Å². The van der Waals surface area contributed by atoms with Crippen LogP contribution < -0.4 is 9.47 Å². The lowest BCUT2D eigenvalue weighted by molar-refractivity contribution is 0.174. The molecule has 1 aliphatic rings. The van der Waals surface area contributed by atoms with Gasteiger partial charge >= 0.3 is 0 Å². The Hall–Kier alpha value is -2.01. The number of hydrogen-bond donors (Lipinski definition) is 1. The van der Waals surface area contributed by atoms with Crippen molar-refractivity contribution in [2.24, 2.45) is 0 Å². The Labute approximate surface area is 91.2 Å². The summed E-state index contributed by atoms with van der Waals surface area (Å²) in [5.41, 5.74) is 1.54. The van der Waals surface area contributed by atoms with Gasteiger partial charge < -0.3 is 19.1 Å². The molecule has 2 aromatic rings. The Balaban J connectivity index is 2.00. The standard InChI is InChI=1S/C11H9NO4/c13-5-8-4-9(12-16-8)7-1-2-10-11(3-7)15-6-14-10/h1-4,13H,5-6H2. The van der Waals surface area contributed by atoms with E-state index >= 15 is 0 Å². The first kappa shape index (κ1) is 9.23. The molecule has 16 heavy (non-hydrogen) atoms. The maximum atomic E-state index is 8.87. The monoisotopic (exact) mass is 219 g/mol. The summed E-state index contributed by atoms with van der Waals surface area (Å²) in [5.74, 6) is 1.87. The lowest BCUT2D eigenvalue weighted by Gasteiger charge is -1.98. The summed E-state index contributed by atoms with van der Waals surface area (Å²) < 4.78 is 15.4. The Kier molecular flexibility index (Phi) is 2.04. The Morgan fingerprint density at radius 2 is 2.06 bits per heavy atom. The number of rotatable bonds is 2. The molecule has 0 aliphatic carbocycles. The third kappa shape index (κ3) is 1.42. The van der Waals surface area contributed by atoms with Crippen molar-refractivity contribution in [2.45, 2.75) is 6.61 Å². The van der Waals surface area contributed by atoms with Crippen LogP contribution in [-0.4, -0.2) is 17.1 Å². The maximum absolute atomic E-state index is 8.87. The Bertz CT molecular complexity index is 520. The topological polar surface area (TPSA) is 64.7 Å². The first-order valence-corrected chi connectivity index (χ1v) is 4.83. The normalized spacial score (nSPS) is 13.1. The second-order valence-corrected chi connectivity index (χ2v) is 3.40. The summed E-state index contributed by atoms with van der Waals surface area (Å²) in [7, 11) is 0. The molecule has 82 valence electrons. The highest BCUT2D eigenvalue weighted by atomic mass is 16.7. The van der Waals surface area contributed by atoms with Crippen LogP contribution in [0.15, 0.2) is 28.8 Å². The molecule has 5 heteroatoms. The third-order valence-corrected chi connectivity index (χ3v) is 2.38. The summed E-state index contributed by atoms with van der Waals surface area (Å²) >= 11 is 0. The van der Waals surface area contributed by atoms with Crippen molar-refractivity contribution < 1.29 is 19.1 Å². The smallest absolute Gasteiger partial charge is 0.231 e. The third-order valence-electron chi connectivity index (χ3n) is 2.38. The predicted octanol–water partition coefficient (Wildman–Crippen LogP) is 1.56. The highest BCUT2D eigenvalue weighted by Gasteiger charge is 2.15. The van der Waals surface area contributed by atoms with E-state index in [0.29, 0.717) is 17.2 Å². The summed E-state index contributed by atoms with van der Waals surface area (Å²) in [6.45, 7) is 0.0943. The molecule has 1 aliphatic heterocycles. The van der Waals surface area contributed by atoms with E-state index in [4.69, 9.17) is 19.1 Å². The first-order valence-electron chi connectivity index (χ1n) is 4.83. The van der Waals surface area contributed by atoms with Gasteiger partial charge in [0.05, 0.1) is 0 Å². The molecule has 1 N–H and O–H groups in total. The first-order chi connectivity index (χ1) is 7.86. The number of ether oxygens (including phenoxy) is 2. The molecule has 0 radical (unpaired) electrons. The molecule has 0 spiro atoms. The minimum absolute atomic E-state index is 0.155. The van der Waals surface area contributed by atoms with Crippen LogP contribution in [0.1, 0.15) is 5.76 Å². The SMILES string of the molecule is OCc1cc(-c2ccc3c(c2)OCO3)no1. The molecule has 1 aromatic carbocycles. The minimum atomic E-state index is -0.155. The van der Waals surface area contributed by atoms with E-state index in [1.807, 2.05) is 18.2 Å². The van der Waals surface area contributed by atoms with Crippen molar-refractivity contribution in [3.8, 4) is 22.8 Å². The van der Waals surface area contributed by atoms with Crippen molar-refractivity contribution in [3.05, 3.63) is 30.0 Å². The fourth-order valence-electron chi connectivity index (χ4n) is 1.58. The average Bonchev–Trinajstić information content (AvgIpc) is 2.96. The second-order valence-electron chi connectivity index (χ2n) is 3.40. The highest BCUT2D eigenvalue weighted by molar-refractivity contribution is 5.64. The van der Waals surface area contributed by atoms with E-state index in [9.17, 15) is 0 Å². The zero-order chi connectivity index (χ0) is 11.0. The molecular formula is C11H9NO4. The average molecular weight is 219 g/mol. The van der Waals surface area contributed by atoms with Gasteiger partial charge in [0.2, 0.25) is 6.79 Å². The summed E-state index contributed by atoms with van der Waals surface area (Å²) in [5, 5.41) is 12.7. The predicted molar refractivity (Wildman–Crippen MR) is 54.0 cm³/mol. The van der Waals surface area contributed by atoms with E-state index in [1.165, 1.54) is 0 Å². The number of fused-ring (bicyclic) bond motifs is 1. The van der Waals surface area contributed by atoms with Crippen LogP contribution >= 0.6 is 0 Å². The molecule has 0 atom stereocenters. The van der Waals surface area contributed by atoms with Gasteiger partial charge in [-0.05, 0) is 18.2 Å². The molecule has 0 bridgehead atoms. The van der Waals surface area contributed by atoms with Crippen LogP contribution in [0.5, 0.6) is 11.5 Å². The van der Waals surface area contributed by atoms with Gasteiger partial charge in [0.15, 0.2) is 17.3 Å². The Morgan fingerprint density at radius 1 is 1.19 bits per heavy atom. The fraction of sp³-hybridized carbons (Fsp3) is 0.182. The Morgan fingerprint density at radius 3 is 2.88 bits per heavy atom. The maximum Gasteiger partial charge on any atom is 0.231 e. The number of aliphatic hydroxyl groups excluding tert-OH is 1. The number of aliphatic hydroxyl groups is 1. The van der Waals surface area contributed by atoms with Gasteiger partial charge in [-0.2, -0.15) is 0 Å². The largest absolute Gasteiger partial charge is 0.454 e. The number of benzene rings is 1. The summed E-state index contributed by atoms with van der Waals surface area (Å²) in [4.78, 5) is 0. The zero-order valence-electron chi connectivity index (χ0n) is 8.34. The van der Waals surface area contributed by atoms with Gasteiger partial charge in [0.25, 0.3) is 0 Å². The summed E-state index contributed by atoms with van der Waals surface area (Å²) in [6, 6.07) is 7.22. The van der Waals surface area contributed by atoms with Gasteiger partial charge in [-0.3, -0.25) is 0 Å². The molecule has 0 fully saturated rings. The van der Waals surface area contributed by atoms with E-state index in [1.54, 1.807) is 6.07 Å². The van der Waals surface area contributed by atoms with Crippen LogP contribution in [0.2, 0.25) is 0 Å². The van der Waals surface area contributed by atoms with E-state index < -0.39 is 0 Å². The number of hydrogen-bond acceptors (Lipinski definition) is 5. The molecule has 0 amide bonds. The molecule has 1 aromatic heterocycles. The molecule has 0 saturated carbocycles. The fourth-order valence-corrected chi connectivity index (χ4v) is 1.58. The van der Waals surface area contributed by atoms with Crippen LogP contribution in [0.25, 0.3) is 11.3 Å². The van der Waals surface area contributed by atoms with Crippen molar-refractivity contribution in [3.63, 3.8) is 0 Å². The molecule has 2 heterocycles. The van der Waals surface area contributed by atoms with E-state index in [0.717, 1.165) is 11.3 Å². The van der Waals surface area contributed by atoms with Crippen LogP contribution in [0.4, 0.5) is 0 Å². The lowest BCUT2D eigenvalue weighted by Crippen LogP contribution is -1.92. The van der Waals surface area contributed by atoms with Gasteiger partial charge in [-0.15, -0.1) is 0 Å². The number of nitrogens with zero attached hydrogens (tertiary/aromatic N) is 1. The minimum Gasteiger partial charge on any atom is -0.454 e.